The number of ether oxygens (including phenoxy) is 2. The van der Waals surface area contributed by atoms with E-state index >= 15 is 0 Å². The summed E-state index contributed by atoms with van der Waals surface area (Å²) >= 11 is 0. The molecule has 0 saturated heterocycles. The fourth-order valence-electron chi connectivity index (χ4n) is 2.59. The third kappa shape index (κ3) is 1.86. The van der Waals surface area contributed by atoms with Gasteiger partial charge in [0.2, 0.25) is 0 Å². The largest absolute Gasteiger partial charge is 0.493 e. The Hall–Kier alpha value is -1.29. The first kappa shape index (κ1) is 12.2. The van der Waals surface area contributed by atoms with Gasteiger partial charge in [-0.1, -0.05) is 6.92 Å². The normalized spacial score (nSPS) is 23.1. The van der Waals surface area contributed by atoms with Crippen LogP contribution in [0.4, 0.5) is 4.39 Å². The van der Waals surface area contributed by atoms with Crippen molar-refractivity contribution in [2.75, 3.05) is 14.2 Å². The van der Waals surface area contributed by atoms with Crippen molar-refractivity contribution in [3.05, 3.63) is 23.0 Å². The van der Waals surface area contributed by atoms with Crippen LogP contribution in [0.1, 0.15) is 42.9 Å². The minimum Gasteiger partial charge on any atom is -0.493 e. The molecule has 0 spiro atoms. The van der Waals surface area contributed by atoms with Crippen LogP contribution in [0.2, 0.25) is 0 Å². The Morgan fingerprint density at radius 1 is 1.24 bits per heavy atom. The predicted octanol–water partition coefficient (Wildman–Crippen LogP) is 2.74. The van der Waals surface area contributed by atoms with Crippen molar-refractivity contribution in [3.63, 3.8) is 0 Å². The summed E-state index contributed by atoms with van der Waals surface area (Å²) in [4.78, 5) is 0. The summed E-state index contributed by atoms with van der Waals surface area (Å²) in [5.41, 5.74) is 7.52. The average molecular weight is 239 g/mol. The van der Waals surface area contributed by atoms with Crippen molar-refractivity contribution >= 4 is 0 Å². The fraction of sp³-hybridized carbons (Fsp3) is 0.538. The Balaban J connectivity index is 2.70. The van der Waals surface area contributed by atoms with E-state index in [-0.39, 0.29) is 17.8 Å². The van der Waals surface area contributed by atoms with E-state index < -0.39 is 0 Å². The molecule has 94 valence electrons. The molecular formula is C13H18FNO2. The van der Waals surface area contributed by atoms with Crippen LogP contribution in [0.25, 0.3) is 0 Å². The quantitative estimate of drug-likeness (QED) is 0.863. The van der Waals surface area contributed by atoms with Gasteiger partial charge in [0.1, 0.15) is 5.82 Å². The van der Waals surface area contributed by atoms with Crippen molar-refractivity contribution in [1.29, 1.82) is 0 Å². The second-order valence-corrected chi connectivity index (χ2v) is 4.51. The van der Waals surface area contributed by atoms with E-state index in [1.165, 1.54) is 13.2 Å². The zero-order valence-corrected chi connectivity index (χ0v) is 10.4. The van der Waals surface area contributed by atoms with E-state index in [4.69, 9.17) is 15.2 Å². The topological polar surface area (TPSA) is 44.5 Å². The molecule has 1 aromatic carbocycles. The maximum absolute atomic E-state index is 14.1. The number of hydrogen-bond donors (Lipinski definition) is 1. The monoisotopic (exact) mass is 239 g/mol. The van der Waals surface area contributed by atoms with Crippen molar-refractivity contribution in [3.8, 4) is 11.5 Å². The van der Waals surface area contributed by atoms with Gasteiger partial charge < -0.3 is 15.2 Å². The van der Waals surface area contributed by atoms with Crippen LogP contribution in [0.3, 0.4) is 0 Å². The lowest BCUT2D eigenvalue weighted by Crippen LogP contribution is -2.22. The fourth-order valence-corrected chi connectivity index (χ4v) is 2.59. The molecule has 0 amide bonds. The summed E-state index contributed by atoms with van der Waals surface area (Å²) in [7, 11) is 3.06. The van der Waals surface area contributed by atoms with Crippen LogP contribution in [0.5, 0.6) is 11.5 Å². The molecule has 1 aliphatic carbocycles. The van der Waals surface area contributed by atoms with Crippen molar-refractivity contribution in [2.24, 2.45) is 5.73 Å². The number of benzene rings is 1. The summed E-state index contributed by atoms with van der Waals surface area (Å²) in [6, 6.07) is 1.20. The van der Waals surface area contributed by atoms with Gasteiger partial charge in [-0.05, 0) is 24.3 Å². The number of fused-ring (bicyclic) bond motifs is 1. The molecule has 1 aliphatic rings. The highest BCUT2D eigenvalue weighted by atomic mass is 19.1. The van der Waals surface area contributed by atoms with Gasteiger partial charge in [0.05, 0.1) is 14.2 Å². The zero-order valence-electron chi connectivity index (χ0n) is 10.4. The van der Waals surface area contributed by atoms with Gasteiger partial charge >= 0.3 is 0 Å². The maximum atomic E-state index is 14.1. The third-order valence-electron chi connectivity index (χ3n) is 3.47. The molecule has 3 nitrogen and oxygen atoms in total. The molecule has 2 N–H and O–H groups in total. The van der Waals surface area contributed by atoms with E-state index in [2.05, 4.69) is 0 Å². The van der Waals surface area contributed by atoms with E-state index in [0.717, 1.165) is 18.4 Å². The first-order valence-corrected chi connectivity index (χ1v) is 5.80. The average Bonchev–Trinajstić information content (AvgIpc) is 2.32. The van der Waals surface area contributed by atoms with E-state index in [1.807, 2.05) is 6.92 Å². The third-order valence-corrected chi connectivity index (χ3v) is 3.47. The van der Waals surface area contributed by atoms with Crippen molar-refractivity contribution in [1.82, 2.24) is 0 Å². The van der Waals surface area contributed by atoms with Crippen LogP contribution < -0.4 is 15.2 Å². The molecule has 2 unspecified atom stereocenters. The van der Waals surface area contributed by atoms with Crippen LogP contribution in [-0.2, 0) is 0 Å². The Morgan fingerprint density at radius 2 is 1.94 bits per heavy atom. The number of nitrogens with two attached hydrogens (primary N) is 1. The molecule has 2 rings (SSSR count). The Morgan fingerprint density at radius 3 is 2.53 bits per heavy atom. The molecular weight excluding hydrogens is 221 g/mol. The van der Waals surface area contributed by atoms with Crippen LogP contribution >= 0.6 is 0 Å². The van der Waals surface area contributed by atoms with Gasteiger partial charge in [-0.3, -0.25) is 0 Å². The minimum atomic E-state index is -0.250. The Kier molecular flexibility index (Phi) is 3.24. The Bertz CT molecular complexity index is 434. The standard InChI is InChI=1S/C13H18FNO2/c1-7-4-5-9(15)12-11(7)8(14)6-10(16-2)13(12)17-3/h6-7,9H,4-5,15H2,1-3H3. The first-order valence-electron chi connectivity index (χ1n) is 5.80. The maximum Gasteiger partial charge on any atom is 0.165 e. The number of halogens is 1. The van der Waals surface area contributed by atoms with Crippen molar-refractivity contribution in [2.45, 2.75) is 31.7 Å². The summed E-state index contributed by atoms with van der Waals surface area (Å²) in [6.45, 7) is 2.01. The van der Waals surface area contributed by atoms with E-state index in [1.54, 1.807) is 7.11 Å². The molecule has 0 fully saturated rings. The lowest BCUT2D eigenvalue weighted by atomic mass is 9.80. The van der Waals surface area contributed by atoms with Gasteiger partial charge in [-0.15, -0.1) is 0 Å². The molecule has 0 radical (unpaired) electrons. The number of hydrogen-bond acceptors (Lipinski definition) is 3. The smallest absolute Gasteiger partial charge is 0.165 e. The second-order valence-electron chi connectivity index (χ2n) is 4.51. The highest BCUT2D eigenvalue weighted by Crippen LogP contribution is 2.46. The molecule has 17 heavy (non-hydrogen) atoms. The molecule has 0 aromatic heterocycles. The summed E-state index contributed by atoms with van der Waals surface area (Å²) in [6.07, 6.45) is 1.75. The molecule has 1 aromatic rings. The SMILES string of the molecule is COc1cc(F)c2c(c1OC)C(N)CCC2C. The van der Waals surface area contributed by atoms with Gasteiger partial charge in [-0.25, -0.2) is 4.39 Å². The molecule has 0 bridgehead atoms. The molecule has 2 atom stereocenters. The lowest BCUT2D eigenvalue weighted by molar-refractivity contribution is 0.338. The van der Waals surface area contributed by atoms with E-state index in [0.29, 0.717) is 17.1 Å². The van der Waals surface area contributed by atoms with E-state index in [9.17, 15) is 4.39 Å². The molecule has 4 heteroatoms. The predicted molar refractivity (Wildman–Crippen MR) is 64.1 cm³/mol. The highest BCUT2D eigenvalue weighted by molar-refractivity contribution is 5.54. The van der Waals surface area contributed by atoms with Gasteiger partial charge in [-0.2, -0.15) is 0 Å². The van der Waals surface area contributed by atoms with Gasteiger partial charge in [0, 0.05) is 17.7 Å². The minimum absolute atomic E-state index is 0.171. The molecule has 0 saturated carbocycles. The van der Waals surface area contributed by atoms with Gasteiger partial charge in [0.25, 0.3) is 0 Å². The second kappa shape index (κ2) is 4.53. The van der Waals surface area contributed by atoms with Gasteiger partial charge in [0.15, 0.2) is 11.5 Å². The highest BCUT2D eigenvalue weighted by Gasteiger charge is 2.30. The number of methoxy groups -OCH3 is 2. The Labute approximate surface area is 101 Å². The first-order chi connectivity index (χ1) is 8.10. The zero-order chi connectivity index (χ0) is 12.6. The summed E-state index contributed by atoms with van der Waals surface area (Å²) in [5.74, 6) is 0.904. The summed E-state index contributed by atoms with van der Waals surface area (Å²) < 4.78 is 24.6. The molecule has 0 heterocycles. The van der Waals surface area contributed by atoms with Crippen LogP contribution in [-0.4, -0.2) is 14.2 Å². The van der Waals surface area contributed by atoms with Crippen LogP contribution in [0, 0.1) is 5.82 Å². The molecule has 0 aliphatic heterocycles. The van der Waals surface area contributed by atoms with Crippen LogP contribution in [0.15, 0.2) is 6.07 Å². The lowest BCUT2D eigenvalue weighted by Gasteiger charge is -2.30. The van der Waals surface area contributed by atoms with Crippen molar-refractivity contribution < 1.29 is 13.9 Å². The number of rotatable bonds is 2. The summed E-state index contributed by atoms with van der Waals surface area (Å²) in [5, 5.41) is 0.